The van der Waals surface area contributed by atoms with Gasteiger partial charge in [0.2, 0.25) is 0 Å². The van der Waals surface area contributed by atoms with Crippen molar-refractivity contribution in [3.8, 4) is 0 Å². The van der Waals surface area contributed by atoms with Gasteiger partial charge in [0.25, 0.3) is 0 Å². The van der Waals surface area contributed by atoms with Crippen LogP contribution in [0.25, 0.3) is 0 Å². The predicted molar refractivity (Wildman–Crippen MR) is 197 cm³/mol. The second-order valence-electron chi connectivity index (χ2n) is 17.2. The van der Waals surface area contributed by atoms with Crippen molar-refractivity contribution in [3.63, 3.8) is 0 Å². The normalized spacial score (nSPS) is 13.4. The van der Waals surface area contributed by atoms with Gasteiger partial charge < -0.3 is 29.2 Å². The van der Waals surface area contributed by atoms with Crippen LogP contribution in [-0.4, -0.2) is 72.5 Å². The van der Waals surface area contributed by atoms with Crippen molar-refractivity contribution in [1.82, 2.24) is 0 Å². The van der Waals surface area contributed by atoms with Crippen LogP contribution in [-0.2, 0) is 47.7 Å². The van der Waals surface area contributed by atoms with Crippen molar-refractivity contribution < 1.29 is 57.9 Å². The number of carbonyl (C=O) groups is 6. The van der Waals surface area contributed by atoms with E-state index in [1.165, 1.54) is 0 Å². The van der Waals surface area contributed by atoms with Crippen LogP contribution >= 0.6 is 0 Å². The summed E-state index contributed by atoms with van der Waals surface area (Å²) in [6.45, 7) is 32.4. The number of ether oxygens (including phenoxy) is 4. The molecule has 0 aromatic rings. The lowest BCUT2D eigenvalue weighted by atomic mass is 9.79. The van der Waals surface area contributed by atoms with Crippen LogP contribution in [0.4, 0.5) is 0 Å². The fourth-order valence-electron chi connectivity index (χ4n) is 3.95. The Labute approximate surface area is 308 Å². The fraction of sp³-hybridized carbons (Fsp3) is 0.846. The summed E-state index contributed by atoms with van der Waals surface area (Å²) in [5, 5.41) is 16.8. The lowest BCUT2D eigenvalue weighted by molar-refractivity contribution is -0.160. The molecule has 12 heteroatoms. The Bertz CT molecular complexity index is 981. The summed E-state index contributed by atoms with van der Waals surface area (Å²) >= 11 is 0. The smallest absolute Gasteiger partial charge is 0.310 e. The maximum absolute atomic E-state index is 12.1. The van der Waals surface area contributed by atoms with Crippen molar-refractivity contribution in [2.45, 2.75) is 130 Å². The summed E-state index contributed by atoms with van der Waals surface area (Å²) in [6.07, 6.45) is -0.146. The lowest BCUT2D eigenvalue weighted by Crippen LogP contribution is -2.33. The molecule has 2 N–H and O–H groups in total. The van der Waals surface area contributed by atoms with E-state index in [1.807, 2.05) is 96.9 Å². The van der Waals surface area contributed by atoms with E-state index in [0.717, 1.165) is 0 Å². The molecule has 0 aliphatic carbocycles. The maximum Gasteiger partial charge on any atom is 0.310 e. The monoisotopic (exact) mass is 733 g/mol. The molecule has 0 spiro atoms. The first-order valence-corrected chi connectivity index (χ1v) is 18.1. The van der Waals surface area contributed by atoms with Gasteiger partial charge in [-0.2, -0.15) is 0 Å². The quantitative estimate of drug-likeness (QED) is 0.104. The Morgan fingerprint density at radius 2 is 0.745 bits per heavy atom. The van der Waals surface area contributed by atoms with Crippen molar-refractivity contribution in [2.75, 3.05) is 26.4 Å². The molecule has 0 aliphatic heterocycles. The Kier molecular flexibility index (Phi) is 26.3. The zero-order chi connectivity index (χ0) is 40.9. The molecule has 300 valence electrons. The van der Waals surface area contributed by atoms with Crippen LogP contribution in [0.1, 0.15) is 130 Å². The summed E-state index contributed by atoms with van der Waals surface area (Å²) in [7, 11) is 0. The number of hydrogen-bond donors (Lipinski definition) is 2. The molecule has 0 saturated carbocycles. The third-order valence-electron chi connectivity index (χ3n) is 7.19. The van der Waals surface area contributed by atoms with Gasteiger partial charge in [-0.1, -0.05) is 111 Å². The first-order valence-electron chi connectivity index (χ1n) is 18.1. The van der Waals surface area contributed by atoms with Crippen molar-refractivity contribution in [1.29, 1.82) is 0 Å². The molecule has 0 aliphatic rings. The van der Waals surface area contributed by atoms with Crippen molar-refractivity contribution >= 4 is 35.8 Å². The Balaban J connectivity index is -0.000000708. The van der Waals surface area contributed by atoms with E-state index in [4.69, 9.17) is 29.2 Å². The van der Waals surface area contributed by atoms with Crippen LogP contribution in [0.15, 0.2) is 0 Å². The highest BCUT2D eigenvalue weighted by Crippen LogP contribution is 2.31. The number of hydrogen-bond acceptors (Lipinski definition) is 10. The molecule has 0 heterocycles. The van der Waals surface area contributed by atoms with Crippen molar-refractivity contribution in [3.05, 3.63) is 0 Å². The molecule has 51 heavy (non-hydrogen) atoms. The zero-order valence-electron chi connectivity index (χ0n) is 34.5. The molecule has 0 aromatic carbocycles. The topological polar surface area (TPSA) is 180 Å². The molecule has 0 rings (SSSR count). The first kappa shape index (κ1) is 52.2. The molecule has 12 nitrogen and oxygen atoms in total. The molecule has 0 bridgehead atoms. The largest absolute Gasteiger partial charge is 0.481 e. The summed E-state index contributed by atoms with van der Waals surface area (Å²) in [6, 6.07) is 0. The molecule has 0 radical (unpaired) electrons. The van der Waals surface area contributed by atoms with Gasteiger partial charge in [-0.25, -0.2) is 0 Å². The SMILES string of the molecule is CC(C)C(CC(=O)O)C(=O)O.CC(C)COC(=O)CC(C(=O)OCC(C)C)C(C)(C)C.CC(C)COC(=O)CC(C(=O)OCC(C)C)C(C)(C)C. The highest BCUT2D eigenvalue weighted by Gasteiger charge is 2.36. The van der Waals surface area contributed by atoms with Crippen molar-refractivity contribution in [2.24, 2.45) is 58.2 Å². The second-order valence-corrected chi connectivity index (χ2v) is 17.2. The van der Waals surface area contributed by atoms with Gasteiger partial charge in [0.15, 0.2) is 0 Å². The van der Waals surface area contributed by atoms with Gasteiger partial charge in [0.1, 0.15) is 0 Å². The Hall–Kier alpha value is -3.18. The number of carboxylic acid groups (broad SMARTS) is 2. The number of carboxylic acids is 2. The zero-order valence-corrected chi connectivity index (χ0v) is 34.5. The van der Waals surface area contributed by atoms with Crippen LogP contribution in [0.3, 0.4) is 0 Å². The third-order valence-corrected chi connectivity index (χ3v) is 7.19. The minimum absolute atomic E-state index is 0.0765. The summed E-state index contributed by atoms with van der Waals surface area (Å²) in [5.74, 6) is -4.09. The highest BCUT2D eigenvalue weighted by molar-refractivity contribution is 5.81. The molecule has 0 fully saturated rings. The van der Waals surface area contributed by atoms with E-state index in [-0.39, 0.29) is 71.7 Å². The maximum atomic E-state index is 12.1. The highest BCUT2D eigenvalue weighted by atomic mass is 16.5. The van der Waals surface area contributed by atoms with E-state index in [2.05, 4.69) is 0 Å². The minimum Gasteiger partial charge on any atom is -0.481 e. The first-order chi connectivity index (χ1) is 23.0. The fourth-order valence-corrected chi connectivity index (χ4v) is 3.95. The second kappa shape index (κ2) is 25.7. The molecular weight excluding hydrogens is 660 g/mol. The average Bonchev–Trinajstić information content (AvgIpc) is 2.95. The lowest BCUT2D eigenvalue weighted by Gasteiger charge is -2.28. The molecular formula is C39H72O12. The number of esters is 4. The molecule has 3 atom stereocenters. The van der Waals surface area contributed by atoms with E-state index < -0.39 is 29.7 Å². The van der Waals surface area contributed by atoms with Crippen LogP contribution in [0, 0.1) is 58.2 Å². The number of rotatable bonds is 18. The number of carbonyl (C=O) groups excluding carboxylic acids is 4. The third kappa shape index (κ3) is 29.1. The van der Waals surface area contributed by atoms with E-state index in [1.54, 1.807) is 13.8 Å². The van der Waals surface area contributed by atoms with Gasteiger partial charge in [0.05, 0.1) is 63.4 Å². The van der Waals surface area contributed by atoms with Gasteiger partial charge in [0, 0.05) is 0 Å². The average molecular weight is 733 g/mol. The van der Waals surface area contributed by atoms with Crippen LogP contribution in [0.2, 0.25) is 0 Å². The van der Waals surface area contributed by atoms with Gasteiger partial charge >= 0.3 is 35.8 Å². The predicted octanol–water partition coefficient (Wildman–Crippen LogP) is 7.69. The van der Waals surface area contributed by atoms with E-state index in [0.29, 0.717) is 38.3 Å². The Morgan fingerprint density at radius 3 is 0.922 bits per heavy atom. The number of aliphatic carboxylic acids is 2. The van der Waals surface area contributed by atoms with E-state index in [9.17, 15) is 28.8 Å². The summed E-state index contributed by atoms with van der Waals surface area (Å²) in [5.41, 5.74) is -0.657. The molecule has 0 saturated heterocycles. The van der Waals surface area contributed by atoms with Crippen LogP contribution < -0.4 is 0 Å². The van der Waals surface area contributed by atoms with E-state index >= 15 is 0 Å². The van der Waals surface area contributed by atoms with Gasteiger partial charge in [-0.15, -0.1) is 0 Å². The summed E-state index contributed by atoms with van der Waals surface area (Å²) in [4.78, 5) is 68.5. The minimum atomic E-state index is -1.06. The summed E-state index contributed by atoms with van der Waals surface area (Å²) < 4.78 is 20.9. The van der Waals surface area contributed by atoms with Crippen LogP contribution in [0.5, 0.6) is 0 Å². The molecule has 3 unspecified atom stereocenters. The van der Waals surface area contributed by atoms with Gasteiger partial charge in [-0.05, 0) is 40.4 Å². The molecule has 0 aromatic heterocycles. The van der Waals surface area contributed by atoms with Gasteiger partial charge in [-0.3, -0.25) is 28.8 Å². The standard InChI is InChI=1S/2C16H30O4.C7H12O4/c2*1-11(2)9-19-14(17)8-13(16(5,6)7)15(18)20-10-12(3)4;1-4(2)5(7(10)11)3-6(8)9/h2*11-13H,8-10H2,1-7H3;4-5H,3H2,1-2H3,(H,8,9)(H,10,11). The molecule has 0 amide bonds. The Morgan fingerprint density at radius 1 is 0.471 bits per heavy atom.